The second-order valence-corrected chi connectivity index (χ2v) is 9.82. The van der Waals surface area contributed by atoms with Gasteiger partial charge in [-0.05, 0) is 67.1 Å². The van der Waals surface area contributed by atoms with Crippen LogP contribution in [-0.2, 0) is 10.0 Å². The minimum absolute atomic E-state index is 0.100. The maximum Gasteiger partial charge on any atom is 0.261 e. The van der Waals surface area contributed by atoms with E-state index in [-0.39, 0.29) is 10.8 Å². The molecule has 0 aliphatic carbocycles. The highest BCUT2D eigenvalue weighted by molar-refractivity contribution is 7.92. The number of nitrogens with zero attached hydrogens (tertiary/aromatic N) is 2. The van der Waals surface area contributed by atoms with Gasteiger partial charge in [0.1, 0.15) is 0 Å². The number of hydrogen-bond donors (Lipinski definition) is 1. The van der Waals surface area contributed by atoms with Crippen LogP contribution in [0.2, 0.25) is 5.02 Å². The van der Waals surface area contributed by atoms with Gasteiger partial charge >= 0.3 is 0 Å². The molecule has 1 N–H and O–H groups in total. The Kier molecular flexibility index (Phi) is 6.39. The molecule has 0 atom stereocenters. The topological polar surface area (TPSA) is 69.7 Å². The van der Waals surface area contributed by atoms with Gasteiger partial charge in [0, 0.05) is 42.5 Å². The largest absolute Gasteiger partial charge is 0.368 e. The van der Waals surface area contributed by atoms with E-state index in [1.807, 2.05) is 43.3 Å². The molecule has 1 heterocycles. The van der Waals surface area contributed by atoms with Crippen LogP contribution in [0.15, 0.2) is 77.7 Å². The summed E-state index contributed by atoms with van der Waals surface area (Å²) in [5.41, 5.74) is 2.92. The molecule has 1 saturated heterocycles. The highest BCUT2D eigenvalue weighted by Crippen LogP contribution is 2.22. The van der Waals surface area contributed by atoms with Gasteiger partial charge in [0.15, 0.2) is 0 Å². The van der Waals surface area contributed by atoms with Crippen LogP contribution in [0.4, 0.5) is 11.4 Å². The molecule has 0 spiro atoms. The SMILES string of the molecule is Cc1ccccc1NS(=O)(=O)c1ccc(C(=O)N2CCN(c3ccc(Cl)cc3)CC2)cc1. The molecule has 1 aliphatic heterocycles. The number of aryl methyl sites for hydroxylation is 1. The lowest BCUT2D eigenvalue weighted by Crippen LogP contribution is -2.48. The number of carbonyl (C=O) groups excluding carboxylic acids is 1. The molecule has 1 amide bonds. The molecule has 32 heavy (non-hydrogen) atoms. The van der Waals surface area contributed by atoms with Crippen molar-refractivity contribution in [2.45, 2.75) is 11.8 Å². The molecule has 0 aromatic heterocycles. The van der Waals surface area contributed by atoms with Crippen molar-refractivity contribution in [2.24, 2.45) is 0 Å². The predicted octanol–water partition coefficient (Wildman–Crippen LogP) is 4.41. The summed E-state index contributed by atoms with van der Waals surface area (Å²) in [6.45, 7) is 4.47. The van der Waals surface area contributed by atoms with E-state index in [1.54, 1.807) is 29.2 Å². The number of piperazine rings is 1. The van der Waals surface area contributed by atoms with E-state index in [0.717, 1.165) is 24.3 Å². The van der Waals surface area contributed by atoms with E-state index in [1.165, 1.54) is 12.1 Å². The fourth-order valence-corrected chi connectivity index (χ4v) is 4.93. The van der Waals surface area contributed by atoms with E-state index < -0.39 is 10.0 Å². The molecule has 0 saturated carbocycles. The molecular formula is C24H24ClN3O3S. The Balaban J connectivity index is 1.40. The Bertz CT molecular complexity index is 1200. The summed E-state index contributed by atoms with van der Waals surface area (Å²) in [5, 5.41) is 0.696. The van der Waals surface area contributed by atoms with Crippen LogP contribution < -0.4 is 9.62 Å². The summed E-state index contributed by atoms with van der Waals surface area (Å²) in [6.07, 6.45) is 0. The molecular weight excluding hydrogens is 446 g/mol. The van der Waals surface area contributed by atoms with Crippen LogP contribution in [0.25, 0.3) is 0 Å². The van der Waals surface area contributed by atoms with Gasteiger partial charge < -0.3 is 9.80 Å². The smallest absolute Gasteiger partial charge is 0.261 e. The van der Waals surface area contributed by atoms with Crippen molar-refractivity contribution >= 4 is 38.9 Å². The second kappa shape index (κ2) is 9.22. The van der Waals surface area contributed by atoms with Gasteiger partial charge in [-0.1, -0.05) is 29.8 Å². The Morgan fingerprint density at radius 1 is 0.875 bits per heavy atom. The standard InChI is InChI=1S/C24H24ClN3O3S/c1-18-4-2-3-5-23(18)26-32(30,31)22-12-6-19(7-13-22)24(29)28-16-14-27(15-17-28)21-10-8-20(25)9-11-21/h2-13,26H,14-17H2,1H3. The third-order valence-corrected chi connectivity index (χ3v) is 7.19. The zero-order chi connectivity index (χ0) is 22.7. The van der Waals surface area contributed by atoms with E-state index in [4.69, 9.17) is 11.6 Å². The maximum absolute atomic E-state index is 12.9. The first-order valence-corrected chi connectivity index (χ1v) is 12.2. The molecule has 1 fully saturated rings. The zero-order valence-corrected chi connectivity index (χ0v) is 19.2. The van der Waals surface area contributed by atoms with Gasteiger partial charge in [0.05, 0.1) is 10.6 Å². The fraction of sp³-hybridized carbons (Fsp3) is 0.208. The Morgan fingerprint density at radius 2 is 1.50 bits per heavy atom. The van der Waals surface area contributed by atoms with Crippen LogP contribution in [0, 0.1) is 6.92 Å². The number of sulfonamides is 1. The molecule has 6 nitrogen and oxygen atoms in total. The third kappa shape index (κ3) is 4.89. The van der Waals surface area contributed by atoms with Crippen molar-refractivity contribution in [3.05, 3.63) is 88.9 Å². The normalized spacial score (nSPS) is 14.3. The van der Waals surface area contributed by atoms with Gasteiger partial charge in [0.2, 0.25) is 0 Å². The molecule has 4 rings (SSSR count). The maximum atomic E-state index is 12.9. The van der Waals surface area contributed by atoms with Gasteiger partial charge in [-0.15, -0.1) is 0 Å². The van der Waals surface area contributed by atoms with Crippen LogP contribution in [0.3, 0.4) is 0 Å². The third-order valence-electron chi connectivity index (χ3n) is 5.56. The first-order valence-electron chi connectivity index (χ1n) is 10.3. The number of anilines is 2. The van der Waals surface area contributed by atoms with Crippen LogP contribution in [0.5, 0.6) is 0 Å². The first-order chi connectivity index (χ1) is 15.3. The molecule has 166 valence electrons. The van der Waals surface area contributed by atoms with E-state index in [2.05, 4.69) is 9.62 Å². The number of amides is 1. The van der Waals surface area contributed by atoms with Crippen molar-refractivity contribution in [3.8, 4) is 0 Å². The van der Waals surface area contributed by atoms with Crippen molar-refractivity contribution in [3.63, 3.8) is 0 Å². The van der Waals surface area contributed by atoms with Crippen molar-refractivity contribution in [1.82, 2.24) is 4.90 Å². The summed E-state index contributed by atoms with van der Waals surface area (Å²) in [7, 11) is -3.74. The van der Waals surface area contributed by atoms with Crippen LogP contribution in [0.1, 0.15) is 15.9 Å². The summed E-state index contributed by atoms with van der Waals surface area (Å²) in [5.74, 6) is -0.100. The van der Waals surface area contributed by atoms with E-state index >= 15 is 0 Å². The second-order valence-electron chi connectivity index (χ2n) is 7.70. The average Bonchev–Trinajstić information content (AvgIpc) is 2.81. The van der Waals surface area contributed by atoms with Crippen LogP contribution >= 0.6 is 11.6 Å². The number of para-hydroxylation sites is 1. The number of carbonyl (C=O) groups is 1. The van der Waals surface area contributed by atoms with Crippen molar-refractivity contribution < 1.29 is 13.2 Å². The van der Waals surface area contributed by atoms with Crippen molar-refractivity contribution in [1.29, 1.82) is 0 Å². The highest BCUT2D eigenvalue weighted by Gasteiger charge is 2.23. The predicted molar refractivity (Wildman–Crippen MR) is 128 cm³/mol. The highest BCUT2D eigenvalue weighted by atomic mass is 35.5. The minimum Gasteiger partial charge on any atom is -0.368 e. The number of benzene rings is 3. The summed E-state index contributed by atoms with van der Waals surface area (Å²) in [6, 6.07) is 20.9. The molecule has 0 radical (unpaired) electrons. The lowest BCUT2D eigenvalue weighted by molar-refractivity contribution is 0.0746. The minimum atomic E-state index is -3.74. The lowest BCUT2D eigenvalue weighted by atomic mass is 10.1. The molecule has 1 aliphatic rings. The zero-order valence-electron chi connectivity index (χ0n) is 17.7. The molecule has 0 bridgehead atoms. The number of hydrogen-bond acceptors (Lipinski definition) is 4. The van der Waals surface area contributed by atoms with Gasteiger partial charge in [-0.3, -0.25) is 9.52 Å². The number of nitrogens with one attached hydrogen (secondary N) is 1. The summed E-state index contributed by atoms with van der Waals surface area (Å²) >= 11 is 5.96. The fourth-order valence-electron chi connectivity index (χ4n) is 3.67. The molecule has 0 unspecified atom stereocenters. The Morgan fingerprint density at radius 3 is 2.12 bits per heavy atom. The monoisotopic (exact) mass is 469 g/mol. The quantitative estimate of drug-likeness (QED) is 0.600. The van der Waals surface area contributed by atoms with Crippen molar-refractivity contribution in [2.75, 3.05) is 35.8 Å². The van der Waals surface area contributed by atoms with Crippen LogP contribution in [-0.4, -0.2) is 45.4 Å². The van der Waals surface area contributed by atoms with Gasteiger partial charge in [0.25, 0.3) is 15.9 Å². The Hall–Kier alpha value is -3.03. The molecule has 3 aromatic carbocycles. The average molecular weight is 470 g/mol. The van der Waals surface area contributed by atoms with Gasteiger partial charge in [-0.2, -0.15) is 0 Å². The summed E-state index contributed by atoms with van der Waals surface area (Å²) < 4.78 is 28.0. The Labute approximate surface area is 193 Å². The molecule has 3 aromatic rings. The molecule has 8 heteroatoms. The number of rotatable bonds is 5. The lowest BCUT2D eigenvalue weighted by Gasteiger charge is -2.36. The summed E-state index contributed by atoms with van der Waals surface area (Å²) in [4.78, 5) is 17.0. The first kappa shape index (κ1) is 22.2. The number of halogens is 1. The van der Waals surface area contributed by atoms with E-state index in [0.29, 0.717) is 29.4 Å². The van der Waals surface area contributed by atoms with E-state index in [9.17, 15) is 13.2 Å². The van der Waals surface area contributed by atoms with Gasteiger partial charge in [-0.25, -0.2) is 8.42 Å².